The highest BCUT2D eigenvalue weighted by Crippen LogP contribution is 2.53. The highest BCUT2D eigenvalue weighted by Gasteiger charge is 2.41. The Bertz CT molecular complexity index is 1890. The van der Waals surface area contributed by atoms with E-state index in [1.54, 1.807) is 9.80 Å². The zero-order chi connectivity index (χ0) is 28.2. The Morgan fingerprint density at radius 1 is 0.600 bits per heavy atom. The molecule has 40 heavy (non-hydrogen) atoms. The van der Waals surface area contributed by atoms with Gasteiger partial charge in [-0.25, -0.2) is 9.97 Å². The fourth-order valence-electron chi connectivity index (χ4n) is 4.44. The van der Waals surface area contributed by atoms with Crippen molar-refractivity contribution >= 4 is 57.3 Å². The summed E-state index contributed by atoms with van der Waals surface area (Å²) in [6.07, 6.45) is -4.56. The van der Waals surface area contributed by atoms with Crippen LogP contribution in [0.15, 0.2) is 66.7 Å². The molecule has 2 aromatic heterocycles. The number of nitrogens with zero attached hydrogens (tertiary/aromatic N) is 8. The van der Waals surface area contributed by atoms with Gasteiger partial charge < -0.3 is 9.69 Å². The number of fused-ring (bicyclic) bond motifs is 3. The molecule has 0 spiro atoms. The monoisotopic (exact) mass is 534 g/mol. The summed E-state index contributed by atoms with van der Waals surface area (Å²) < 4.78 is 40.7. The van der Waals surface area contributed by atoms with E-state index >= 15 is 0 Å². The normalized spacial score (nSPS) is 12.5. The first kappa shape index (κ1) is 24.8. The number of aryl methyl sites for hydroxylation is 2. The van der Waals surface area contributed by atoms with Crippen LogP contribution in [-0.2, 0) is 6.18 Å². The van der Waals surface area contributed by atoms with Gasteiger partial charge in [-0.15, -0.1) is 9.97 Å². The topological polar surface area (TPSA) is 66.8 Å². The lowest BCUT2D eigenvalue weighted by atomic mass is 10.1. The molecular formula is C29H17F3N8. The van der Waals surface area contributed by atoms with Gasteiger partial charge in [0.25, 0.3) is 11.6 Å². The summed E-state index contributed by atoms with van der Waals surface area (Å²) in [5.74, 6) is 0.523. The van der Waals surface area contributed by atoms with Crippen LogP contribution in [0.2, 0.25) is 0 Å². The van der Waals surface area contributed by atoms with Crippen molar-refractivity contribution in [2.24, 2.45) is 0 Å². The van der Waals surface area contributed by atoms with Crippen LogP contribution in [0.3, 0.4) is 0 Å². The van der Waals surface area contributed by atoms with Gasteiger partial charge in [0.1, 0.15) is 0 Å². The summed E-state index contributed by atoms with van der Waals surface area (Å²) in [6, 6.07) is 18.0. The second-order valence-corrected chi connectivity index (χ2v) is 9.16. The maximum atomic E-state index is 13.6. The van der Waals surface area contributed by atoms with Gasteiger partial charge in [0.05, 0.1) is 28.0 Å². The van der Waals surface area contributed by atoms with Gasteiger partial charge in [0.2, 0.25) is 0 Å². The van der Waals surface area contributed by atoms with Gasteiger partial charge in [0.15, 0.2) is 11.6 Å². The second kappa shape index (κ2) is 9.03. The molecule has 0 saturated heterocycles. The van der Waals surface area contributed by atoms with Crippen molar-refractivity contribution < 1.29 is 13.2 Å². The van der Waals surface area contributed by atoms with Crippen LogP contribution in [0, 0.1) is 27.0 Å². The fraction of sp³-hybridized carbons (Fsp3) is 0.103. The minimum absolute atomic E-state index is 0.0362. The van der Waals surface area contributed by atoms with Gasteiger partial charge >= 0.3 is 17.8 Å². The molecule has 0 radical (unpaired) electrons. The van der Waals surface area contributed by atoms with Crippen molar-refractivity contribution in [2.75, 3.05) is 9.80 Å². The van der Waals surface area contributed by atoms with Gasteiger partial charge in [-0.2, -0.15) is 13.2 Å². The molecule has 0 bridgehead atoms. The number of alkyl halides is 3. The third-order valence-corrected chi connectivity index (χ3v) is 6.42. The summed E-state index contributed by atoms with van der Waals surface area (Å²) in [4.78, 5) is 28.6. The molecule has 3 aromatic carbocycles. The minimum Gasteiger partial charge on any atom is -0.370 e. The third kappa shape index (κ3) is 4.01. The lowest BCUT2D eigenvalue weighted by Crippen LogP contribution is -2.28. The summed E-state index contributed by atoms with van der Waals surface area (Å²) in [5, 5.41) is 0. The van der Waals surface area contributed by atoms with Crippen molar-refractivity contribution in [3.05, 3.63) is 106 Å². The first-order valence-corrected chi connectivity index (χ1v) is 12.0. The molecule has 3 heterocycles. The summed E-state index contributed by atoms with van der Waals surface area (Å²) in [6.45, 7) is 19.0. The Balaban J connectivity index is 1.73. The Kier molecular flexibility index (Phi) is 5.59. The maximum absolute atomic E-state index is 13.6. The minimum atomic E-state index is -4.56. The van der Waals surface area contributed by atoms with E-state index in [4.69, 9.17) is 18.1 Å². The van der Waals surface area contributed by atoms with E-state index in [0.717, 1.165) is 23.3 Å². The highest BCUT2D eigenvalue weighted by molar-refractivity contribution is 5.99. The van der Waals surface area contributed by atoms with Crippen LogP contribution < -0.4 is 9.80 Å². The average molecular weight is 535 g/mol. The molecule has 0 aliphatic carbocycles. The first-order valence-electron chi connectivity index (χ1n) is 12.0. The molecule has 0 atom stereocenters. The number of hydrogen-bond acceptors (Lipinski definition) is 6. The fourth-order valence-corrected chi connectivity index (χ4v) is 4.44. The smallest absolute Gasteiger partial charge is 0.370 e. The van der Waals surface area contributed by atoms with Crippen LogP contribution in [-0.4, -0.2) is 19.9 Å². The molecule has 0 fully saturated rings. The molecule has 194 valence electrons. The van der Waals surface area contributed by atoms with Gasteiger partial charge in [0, 0.05) is 0 Å². The summed E-state index contributed by atoms with van der Waals surface area (Å²) >= 11 is 0. The predicted molar refractivity (Wildman–Crippen MR) is 145 cm³/mol. The van der Waals surface area contributed by atoms with E-state index in [0.29, 0.717) is 11.4 Å². The lowest BCUT2D eigenvalue weighted by molar-refractivity contribution is -0.137. The van der Waals surface area contributed by atoms with Crippen molar-refractivity contribution in [1.82, 2.24) is 19.9 Å². The SMILES string of the molecule is [C-]#[N+]c1nc2c(nc1[N+]#[C-])N(c1ccc(C)cc1)c1nc3cc(C(F)(F)F)ccc3nc1N2c1ccc(C)cc1. The van der Waals surface area contributed by atoms with Gasteiger partial charge in [-0.05, 0) is 56.3 Å². The van der Waals surface area contributed by atoms with Crippen LogP contribution in [0.1, 0.15) is 16.7 Å². The van der Waals surface area contributed by atoms with Crippen molar-refractivity contribution in [1.29, 1.82) is 0 Å². The van der Waals surface area contributed by atoms with E-state index in [9.17, 15) is 13.2 Å². The van der Waals surface area contributed by atoms with Crippen molar-refractivity contribution in [2.45, 2.75) is 20.0 Å². The number of benzene rings is 3. The zero-order valence-corrected chi connectivity index (χ0v) is 21.1. The predicted octanol–water partition coefficient (Wildman–Crippen LogP) is 8.41. The number of aromatic nitrogens is 4. The quantitative estimate of drug-likeness (QED) is 0.208. The van der Waals surface area contributed by atoms with E-state index in [1.165, 1.54) is 6.07 Å². The zero-order valence-electron chi connectivity index (χ0n) is 21.1. The Hall–Kier alpha value is -5.55. The molecule has 8 nitrogen and oxygen atoms in total. The summed E-state index contributed by atoms with van der Waals surface area (Å²) in [7, 11) is 0. The van der Waals surface area contributed by atoms with E-state index in [-0.39, 0.29) is 45.9 Å². The van der Waals surface area contributed by atoms with Crippen LogP contribution in [0.25, 0.3) is 20.7 Å². The molecule has 0 N–H and O–H groups in total. The largest absolute Gasteiger partial charge is 0.416 e. The molecule has 0 saturated carbocycles. The Morgan fingerprint density at radius 2 is 1.02 bits per heavy atom. The lowest BCUT2D eigenvalue weighted by Gasteiger charge is -2.33. The van der Waals surface area contributed by atoms with Crippen molar-refractivity contribution in [3.63, 3.8) is 0 Å². The standard InChI is InChI=1S/C29H17F3N8/c1-16-5-10-19(11-6-16)39-25-26(36-22-15-18(29(30,31)32)9-14-21(22)35-25)40(20-12-7-17(2)8-13-20)28-27(39)37-23(33-3)24(34-4)38-28/h5-15H,1-2H3. The summed E-state index contributed by atoms with van der Waals surface area (Å²) in [5.41, 5.74) is 2.62. The number of rotatable bonds is 2. The maximum Gasteiger partial charge on any atom is 0.416 e. The molecule has 0 unspecified atom stereocenters. The van der Waals surface area contributed by atoms with Crippen LogP contribution in [0.4, 0.5) is 59.5 Å². The molecular weight excluding hydrogens is 517 g/mol. The number of halogens is 3. The van der Waals surface area contributed by atoms with Gasteiger partial charge in [-0.3, -0.25) is 9.80 Å². The van der Waals surface area contributed by atoms with E-state index < -0.39 is 11.7 Å². The first-order chi connectivity index (χ1) is 19.2. The van der Waals surface area contributed by atoms with E-state index in [1.807, 2.05) is 62.4 Å². The van der Waals surface area contributed by atoms with Gasteiger partial charge in [-0.1, -0.05) is 48.5 Å². The Labute approximate surface area is 226 Å². The molecule has 1 aliphatic heterocycles. The Morgan fingerprint density at radius 3 is 1.45 bits per heavy atom. The van der Waals surface area contributed by atoms with Crippen molar-refractivity contribution in [3.8, 4) is 0 Å². The molecule has 1 aliphatic rings. The molecule has 0 amide bonds. The third-order valence-electron chi connectivity index (χ3n) is 6.42. The highest BCUT2D eigenvalue weighted by atomic mass is 19.4. The molecule has 6 rings (SSSR count). The molecule has 5 aromatic rings. The van der Waals surface area contributed by atoms with Crippen LogP contribution in [0.5, 0.6) is 0 Å². The number of anilines is 6. The average Bonchev–Trinajstić information content (AvgIpc) is 2.94. The van der Waals surface area contributed by atoms with E-state index in [2.05, 4.69) is 24.6 Å². The second-order valence-electron chi connectivity index (χ2n) is 9.16. The molecule has 11 heteroatoms. The number of hydrogen-bond donors (Lipinski definition) is 0. The van der Waals surface area contributed by atoms with Crippen LogP contribution >= 0.6 is 0 Å².